The first kappa shape index (κ1) is 14.8. The molecule has 0 spiro atoms. The molecule has 0 bridgehead atoms. The molecule has 2 aliphatic carbocycles. The molecule has 21 heavy (non-hydrogen) atoms. The Kier molecular flexibility index (Phi) is 4.48. The third kappa shape index (κ3) is 3.07. The third-order valence-corrected chi connectivity index (χ3v) is 5.49. The quantitative estimate of drug-likeness (QED) is 0.802. The summed E-state index contributed by atoms with van der Waals surface area (Å²) in [5, 5.41) is 2.85. The van der Waals surface area contributed by atoms with Crippen LogP contribution in [-0.2, 0) is 9.59 Å². The molecule has 1 saturated heterocycles. The molecule has 5 nitrogen and oxygen atoms in total. The Balaban J connectivity index is 1.53. The Morgan fingerprint density at radius 3 is 2.48 bits per heavy atom. The van der Waals surface area contributed by atoms with Gasteiger partial charge in [-0.2, -0.15) is 0 Å². The van der Waals surface area contributed by atoms with Crippen molar-refractivity contribution >= 4 is 11.8 Å². The lowest BCUT2D eigenvalue weighted by Crippen LogP contribution is -2.46. The van der Waals surface area contributed by atoms with Crippen molar-refractivity contribution in [3.63, 3.8) is 0 Å². The van der Waals surface area contributed by atoms with E-state index < -0.39 is 0 Å². The third-order valence-electron chi connectivity index (χ3n) is 5.49. The van der Waals surface area contributed by atoms with Gasteiger partial charge < -0.3 is 16.0 Å². The van der Waals surface area contributed by atoms with E-state index in [2.05, 4.69) is 5.32 Å². The second-order valence-corrected chi connectivity index (χ2v) is 6.84. The summed E-state index contributed by atoms with van der Waals surface area (Å²) < 4.78 is 0. The first-order valence-corrected chi connectivity index (χ1v) is 8.49. The van der Waals surface area contributed by atoms with E-state index in [-0.39, 0.29) is 17.7 Å². The number of carbonyl (C=O) groups is 2. The lowest BCUT2D eigenvalue weighted by molar-refractivity contribution is -0.137. The van der Waals surface area contributed by atoms with E-state index in [4.69, 9.17) is 5.73 Å². The van der Waals surface area contributed by atoms with Crippen molar-refractivity contribution in [2.24, 2.45) is 29.4 Å². The number of nitrogens with two attached hydrogens (primary N) is 1. The summed E-state index contributed by atoms with van der Waals surface area (Å²) in [5.74, 6) is 1.91. The molecule has 3 atom stereocenters. The predicted octanol–water partition coefficient (Wildman–Crippen LogP) is 0.736. The Hall–Kier alpha value is -1.10. The zero-order valence-corrected chi connectivity index (χ0v) is 12.7. The summed E-state index contributed by atoms with van der Waals surface area (Å²) in [7, 11) is 0. The van der Waals surface area contributed by atoms with Crippen molar-refractivity contribution in [3.05, 3.63) is 0 Å². The van der Waals surface area contributed by atoms with Gasteiger partial charge in [0.2, 0.25) is 11.8 Å². The van der Waals surface area contributed by atoms with Gasteiger partial charge in [0.1, 0.15) is 0 Å². The second kappa shape index (κ2) is 6.34. The van der Waals surface area contributed by atoms with Crippen LogP contribution < -0.4 is 11.1 Å². The minimum atomic E-state index is -0.0463. The second-order valence-electron chi connectivity index (χ2n) is 6.84. The van der Waals surface area contributed by atoms with Crippen LogP contribution in [0.2, 0.25) is 0 Å². The van der Waals surface area contributed by atoms with Gasteiger partial charge in [-0.3, -0.25) is 9.59 Å². The highest BCUT2D eigenvalue weighted by atomic mass is 16.2. The van der Waals surface area contributed by atoms with Crippen molar-refractivity contribution in [2.45, 2.75) is 38.5 Å². The lowest BCUT2D eigenvalue weighted by Gasteiger charge is -2.32. The van der Waals surface area contributed by atoms with Crippen LogP contribution in [0.15, 0.2) is 0 Å². The molecule has 2 amide bonds. The van der Waals surface area contributed by atoms with Gasteiger partial charge in [0.15, 0.2) is 0 Å². The maximum atomic E-state index is 12.7. The summed E-state index contributed by atoms with van der Waals surface area (Å²) in [5.41, 5.74) is 5.42. The highest BCUT2D eigenvalue weighted by Gasteiger charge is 2.56. The molecule has 3 unspecified atom stereocenters. The number of likely N-dealkylation sites (tertiary alicyclic amines) is 1. The number of nitrogens with one attached hydrogen (secondary N) is 1. The van der Waals surface area contributed by atoms with Crippen LogP contribution in [0.25, 0.3) is 0 Å². The summed E-state index contributed by atoms with van der Waals surface area (Å²) >= 11 is 0. The molecular weight excluding hydrogens is 266 g/mol. The average Bonchev–Trinajstić information content (AvgIpc) is 3.26. The molecule has 1 heterocycles. The Bertz CT molecular complexity index is 400. The fourth-order valence-electron chi connectivity index (χ4n) is 4.30. The van der Waals surface area contributed by atoms with Gasteiger partial charge in [0.25, 0.3) is 0 Å². The first-order valence-electron chi connectivity index (χ1n) is 8.49. The van der Waals surface area contributed by atoms with Crippen LogP contribution in [0.1, 0.15) is 38.5 Å². The molecular formula is C16H27N3O2. The Labute approximate surface area is 126 Å². The van der Waals surface area contributed by atoms with Gasteiger partial charge in [-0.1, -0.05) is 12.8 Å². The minimum Gasteiger partial charge on any atom is -0.355 e. The number of fused-ring (bicyclic) bond motifs is 1. The highest BCUT2D eigenvalue weighted by molar-refractivity contribution is 5.84. The molecule has 0 aromatic carbocycles. The summed E-state index contributed by atoms with van der Waals surface area (Å²) in [6.45, 7) is 2.42. The fraction of sp³-hybridized carbons (Fsp3) is 0.875. The largest absolute Gasteiger partial charge is 0.355 e. The lowest BCUT2D eigenvalue weighted by atomic mass is 9.96. The van der Waals surface area contributed by atoms with Crippen LogP contribution in [0, 0.1) is 23.7 Å². The molecule has 3 N–H and O–H groups in total. The van der Waals surface area contributed by atoms with Gasteiger partial charge in [-0.15, -0.1) is 0 Å². The van der Waals surface area contributed by atoms with Crippen LogP contribution in [0.3, 0.4) is 0 Å². The van der Waals surface area contributed by atoms with Gasteiger partial charge in [-0.25, -0.2) is 0 Å². The van der Waals surface area contributed by atoms with Gasteiger partial charge in [0.05, 0.1) is 5.92 Å². The van der Waals surface area contributed by atoms with E-state index in [0.717, 1.165) is 19.4 Å². The zero-order valence-electron chi connectivity index (χ0n) is 12.7. The fourth-order valence-corrected chi connectivity index (χ4v) is 4.30. The van der Waals surface area contributed by atoms with E-state index >= 15 is 0 Å². The average molecular weight is 293 g/mol. The number of carbonyl (C=O) groups excluding carboxylic acids is 2. The predicted molar refractivity (Wildman–Crippen MR) is 80.3 cm³/mol. The Morgan fingerprint density at radius 2 is 1.81 bits per heavy atom. The van der Waals surface area contributed by atoms with Crippen molar-refractivity contribution in [2.75, 3.05) is 26.2 Å². The van der Waals surface area contributed by atoms with E-state index in [1.807, 2.05) is 4.90 Å². The van der Waals surface area contributed by atoms with Gasteiger partial charge in [0, 0.05) is 32.1 Å². The minimum absolute atomic E-state index is 0.0463. The van der Waals surface area contributed by atoms with Crippen LogP contribution in [0.4, 0.5) is 0 Å². The molecule has 0 radical (unpaired) electrons. The van der Waals surface area contributed by atoms with E-state index in [0.29, 0.717) is 37.4 Å². The number of hydrogen-bond donors (Lipinski definition) is 2. The van der Waals surface area contributed by atoms with E-state index in [1.165, 1.54) is 25.7 Å². The molecule has 118 valence electrons. The molecule has 5 heteroatoms. The Morgan fingerprint density at radius 1 is 1.10 bits per heavy atom. The zero-order chi connectivity index (χ0) is 14.8. The van der Waals surface area contributed by atoms with E-state index in [9.17, 15) is 9.59 Å². The monoisotopic (exact) mass is 293 g/mol. The first-order chi connectivity index (χ1) is 10.2. The number of hydrogen-bond acceptors (Lipinski definition) is 3. The topological polar surface area (TPSA) is 75.4 Å². The summed E-state index contributed by atoms with van der Waals surface area (Å²) in [6, 6.07) is 0. The number of rotatable bonds is 4. The van der Waals surface area contributed by atoms with Crippen molar-refractivity contribution in [1.29, 1.82) is 0 Å². The molecule has 3 aliphatic rings. The molecule has 3 fully saturated rings. The van der Waals surface area contributed by atoms with Gasteiger partial charge in [-0.05, 0) is 37.5 Å². The normalized spacial score (nSPS) is 35.0. The van der Waals surface area contributed by atoms with Crippen LogP contribution in [0.5, 0.6) is 0 Å². The highest BCUT2D eigenvalue weighted by Crippen LogP contribution is 2.56. The van der Waals surface area contributed by atoms with Crippen molar-refractivity contribution in [3.8, 4) is 0 Å². The van der Waals surface area contributed by atoms with E-state index in [1.54, 1.807) is 0 Å². The molecule has 3 rings (SSSR count). The van der Waals surface area contributed by atoms with Gasteiger partial charge >= 0.3 is 0 Å². The number of nitrogens with zero attached hydrogens (tertiary/aromatic N) is 1. The molecule has 0 aromatic heterocycles. The maximum Gasteiger partial charge on any atom is 0.226 e. The van der Waals surface area contributed by atoms with Crippen LogP contribution >= 0.6 is 0 Å². The summed E-state index contributed by atoms with van der Waals surface area (Å²) in [6.07, 6.45) is 6.86. The standard InChI is InChI=1S/C16H27N3O2/c17-7-8-18-15(20)11-4-3-9-19(10-11)16(21)14-12-5-1-2-6-13(12)14/h11-14H,1-10,17H2,(H,18,20). The molecule has 2 saturated carbocycles. The number of piperidine rings is 1. The van der Waals surface area contributed by atoms with Crippen molar-refractivity contribution < 1.29 is 9.59 Å². The molecule has 1 aliphatic heterocycles. The van der Waals surface area contributed by atoms with Crippen LogP contribution in [-0.4, -0.2) is 42.9 Å². The SMILES string of the molecule is NCCNC(=O)C1CCCN(C(=O)C2C3CCCCC32)C1. The number of amides is 2. The summed E-state index contributed by atoms with van der Waals surface area (Å²) in [4.78, 5) is 26.7. The molecule has 0 aromatic rings. The van der Waals surface area contributed by atoms with Crippen molar-refractivity contribution in [1.82, 2.24) is 10.2 Å². The maximum absolute atomic E-state index is 12.7. The smallest absolute Gasteiger partial charge is 0.226 e.